The average Bonchev–Trinajstić information content (AvgIpc) is 2.64. The lowest BCUT2D eigenvalue weighted by atomic mass is 9.73. The van der Waals surface area contributed by atoms with Crippen molar-refractivity contribution < 1.29 is 19.7 Å². The van der Waals surface area contributed by atoms with E-state index in [0.29, 0.717) is 18.4 Å². The number of carbonyl (C=O) groups excluding carboxylic acids is 1. The number of carbonyl (C=O) groups is 1. The van der Waals surface area contributed by atoms with Crippen molar-refractivity contribution in [1.29, 1.82) is 0 Å². The number of hydrogen-bond donors (Lipinski definition) is 2. The Morgan fingerprint density at radius 1 is 1.42 bits per heavy atom. The van der Waals surface area contributed by atoms with Gasteiger partial charge in [0.2, 0.25) is 0 Å². The van der Waals surface area contributed by atoms with Gasteiger partial charge in [0, 0.05) is 11.5 Å². The van der Waals surface area contributed by atoms with Crippen LogP contribution in [0.15, 0.2) is 12.2 Å². The molecule has 2 saturated carbocycles. The largest absolute Gasteiger partial charge is 0.458 e. The Morgan fingerprint density at radius 3 is 2.79 bits per heavy atom. The molecular weight excluding hydrogens is 244 g/mol. The molecule has 1 saturated heterocycles. The lowest BCUT2D eigenvalue weighted by Gasteiger charge is -2.41. The number of hydrogen-bond acceptors (Lipinski definition) is 4. The van der Waals surface area contributed by atoms with Gasteiger partial charge in [-0.25, -0.2) is 4.79 Å². The Kier molecular flexibility index (Phi) is 2.64. The van der Waals surface area contributed by atoms with E-state index >= 15 is 0 Å². The lowest BCUT2D eigenvalue weighted by Crippen LogP contribution is -2.53. The minimum atomic E-state index is -1.14. The zero-order valence-corrected chi connectivity index (χ0v) is 11.6. The minimum absolute atomic E-state index is 0.0691. The van der Waals surface area contributed by atoms with Gasteiger partial charge in [-0.1, -0.05) is 13.5 Å². The molecule has 1 heterocycles. The molecule has 4 heteroatoms. The van der Waals surface area contributed by atoms with Gasteiger partial charge in [-0.05, 0) is 44.4 Å². The monoisotopic (exact) mass is 266 g/mol. The van der Waals surface area contributed by atoms with Crippen LogP contribution in [0.5, 0.6) is 0 Å². The van der Waals surface area contributed by atoms with Gasteiger partial charge >= 0.3 is 5.97 Å². The first-order chi connectivity index (χ1) is 8.76. The molecule has 0 amide bonds. The number of fused-ring (bicyclic) bond motifs is 2. The smallest absolute Gasteiger partial charge is 0.334 e. The van der Waals surface area contributed by atoms with Crippen molar-refractivity contribution in [2.75, 3.05) is 0 Å². The van der Waals surface area contributed by atoms with Crippen molar-refractivity contribution in [3.05, 3.63) is 12.2 Å². The van der Waals surface area contributed by atoms with E-state index in [1.54, 1.807) is 6.92 Å². The fourth-order valence-electron chi connectivity index (χ4n) is 4.42. The van der Waals surface area contributed by atoms with E-state index < -0.39 is 11.2 Å². The van der Waals surface area contributed by atoms with Gasteiger partial charge in [-0.15, -0.1) is 0 Å². The summed E-state index contributed by atoms with van der Waals surface area (Å²) in [6.07, 6.45) is 2.38. The van der Waals surface area contributed by atoms with Crippen LogP contribution in [0.1, 0.15) is 39.5 Å². The maximum atomic E-state index is 11.7. The van der Waals surface area contributed by atoms with Crippen LogP contribution in [0.3, 0.4) is 0 Å². The second kappa shape index (κ2) is 3.83. The van der Waals surface area contributed by atoms with Crippen molar-refractivity contribution in [3.8, 4) is 0 Å². The molecule has 6 atom stereocenters. The predicted molar refractivity (Wildman–Crippen MR) is 69.2 cm³/mol. The van der Waals surface area contributed by atoms with E-state index in [2.05, 4.69) is 13.5 Å². The van der Waals surface area contributed by atoms with Gasteiger partial charge in [-0.3, -0.25) is 0 Å². The number of rotatable bonds is 0. The summed E-state index contributed by atoms with van der Waals surface area (Å²) in [6.45, 7) is 7.60. The van der Waals surface area contributed by atoms with E-state index in [1.165, 1.54) is 0 Å². The van der Waals surface area contributed by atoms with Gasteiger partial charge in [0.25, 0.3) is 0 Å². The van der Waals surface area contributed by atoms with Crippen molar-refractivity contribution in [2.45, 2.75) is 56.8 Å². The van der Waals surface area contributed by atoms with Crippen molar-refractivity contribution in [2.24, 2.45) is 17.8 Å². The highest BCUT2D eigenvalue weighted by Crippen LogP contribution is 2.55. The highest BCUT2D eigenvalue weighted by atomic mass is 16.6. The maximum Gasteiger partial charge on any atom is 0.334 e. The molecule has 0 unspecified atom stereocenters. The fraction of sp³-hybridized carbons (Fsp3) is 0.800. The second-order valence-corrected chi connectivity index (χ2v) is 6.84. The molecule has 3 aliphatic rings. The van der Waals surface area contributed by atoms with Crippen LogP contribution in [-0.2, 0) is 9.53 Å². The summed E-state index contributed by atoms with van der Waals surface area (Å²) in [7, 11) is 0. The first-order valence-electron chi connectivity index (χ1n) is 7.11. The van der Waals surface area contributed by atoms with Crippen LogP contribution in [0.25, 0.3) is 0 Å². The van der Waals surface area contributed by atoms with Crippen LogP contribution < -0.4 is 0 Å². The summed E-state index contributed by atoms with van der Waals surface area (Å²) < 4.78 is 5.38. The third kappa shape index (κ3) is 1.62. The topological polar surface area (TPSA) is 66.8 Å². The number of esters is 1. The van der Waals surface area contributed by atoms with Gasteiger partial charge in [0.1, 0.15) is 6.10 Å². The highest BCUT2D eigenvalue weighted by Gasteiger charge is 2.62. The van der Waals surface area contributed by atoms with Crippen LogP contribution >= 0.6 is 0 Å². The Balaban J connectivity index is 2.00. The highest BCUT2D eigenvalue weighted by molar-refractivity contribution is 5.90. The Bertz CT molecular complexity index is 441. The molecule has 3 rings (SSSR count). The molecular formula is C15H22O4. The Hall–Kier alpha value is -0.870. The van der Waals surface area contributed by atoms with E-state index in [0.717, 1.165) is 12.8 Å². The Morgan fingerprint density at radius 2 is 2.11 bits per heavy atom. The molecule has 0 spiro atoms. The molecule has 0 radical (unpaired) electrons. The number of aliphatic hydroxyl groups is 2. The van der Waals surface area contributed by atoms with Gasteiger partial charge in [0.05, 0.1) is 11.2 Å². The molecule has 2 N–H and O–H groups in total. The lowest BCUT2D eigenvalue weighted by molar-refractivity contribution is -0.153. The molecule has 106 valence electrons. The minimum Gasteiger partial charge on any atom is -0.458 e. The molecule has 19 heavy (non-hydrogen) atoms. The van der Waals surface area contributed by atoms with Crippen molar-refractivity contribution >= 4 is 5.97 Å². The summed E-state index contributed by atoms with van der Waals surface area (Å²) in [5.74, 6) is -0.205. The molecule has 0 aromatic carbocycles. The summed E-state index contributed by atoms with van der Waals surface area (Å²) in [5, 5.41) is 21.6. The summed E-state index contributed by atoms with van der Waals surface area (Å²) in [4.78, 5) is 11.7. The first-order valence-corrected chi connectivity index (χ1v) is 7.11. The van der Waals surface area contributed by atoms with Gasteiger partial charge in [0.15, 0.2) is 0 Å². The number of ether oxygens (including phenoxy) is 1. The Labute approximate surface area is 113 Å². The average molecular weight is 266 g/mol. The van der Waals surface area contributed by atoms with Gasteiger partial charge < -0.3 is 14.9 Å². The third-order valence-corrected chi connectivity index (χ3v) is 5.73. The second-order valence-electron chi connectivity index (χ2n) is 6.84. The predicted octanol–water partition coefficient (Wildman–Crippen LogP) is 1.41. The van der Waals surface area contributed by atoms with E-state index in [9.17, 15) is 15.0 Å². The summed E-state index contributed by atoms with van der Waals surface area (Å²) >= 11 is 0. The molecule has 3 fully saturated rings. The normalized spacial score (nSPS) is 53.5. The molecule has 0 aromatic heterocycles. The zero-order valence-electron chi connectivity index (χ0n) is 11.6. The van der Waals surface area contributed by atoms with Crippen molar-refractivity contribution in [3.63, 3.8) is 0 Å². The maximum absolute atomic E-state index is 11.7. The quantitative estimate of drug-likeness (QED) is 0.514. The molecule has 1 aliphatic heterocycles. The fourth-order valence-corrected chi connectivity index (χ4v) is 4.42. The standard InChI is InChI=1S/C15H22O4/c1-8-6-12-10(9(2)13(16)19-12)7-15(18)11(8)4-5-14(15,3)17/h8,10-12,17-18H,2,4-7H2,1,3H3/t8-,10+,11-,12-,14+,15-/m0/s1. The first kappa shape index (κ1) is 13.1. The third-order valence-electron chi connectivity index (χ3n) is 5.73. The summed E-state index contributed by atoms with van der Waals surface area (Å²) in [6, 6.07) is 0. The van der Waals surface area contributed by atoms with E-state index in [-0.39, 0.29) is 29.8 Å². The van der Waals surface area contributed by atoms with Gasteiger partial charge in [-0.2, -0.15) is 0 Å². The van der Waals surface area contributed by atoms with Crippen molar-refractivity contribution in [1.82, 2.24) is 0 Å². The van der Waals surface area contributed by atoms with Crippen LogP contribution in [0.4, 0.5) is 0 Å². The van der Waals surface area contributed by atoms with Crippen LogP contribution in [0, 0.1) is 17.8 Å². The van der Waals surface area contributed by atoms with E-state index in [1.807, 2.05) is 0 Å². The molecule has 0 aromatic rings. The molecule has 2 aliphatic carbocycles. The van der Waals surface area contributed by atoms with Crippen LogP contribution in [0.2, 0.25) is 0 Å². The molecule has 0 bridgehead atoms. The van der Waals surface area contributed by atoms with Crippen LogP contribution in [-0.4, -0.2) is 33.5 Å². The SMILES string of the molecule is C=C1C(=O)O[C@H]2C[C@H](C)[C@@H]3CC[C@@](C)(O)[C@]3(O)C[C@H]12. The summed E-state index contributed by atoms with van der Waals surface area (Å²) in [5.41, 5.74) is -1.77. The zero-order chi connectivity index (χ0) is 14.0. The molecule has 4 nitrogen and oxygen atoms in total. The van der Waals surface area contributed by atoms with E-state index in [4.69, 9.17) is 4.74 Å².